The SMILES string of the molecule is O=C(NCc1cnc(N2CCN(CC(F)F)C2=O)cc1Cl)c1cccnc1. The van der Waals surface area contributed by atoms with Crippen molar-refractivity contribution < 1.29 is 18.4 Å². The number of pyridine rings is 2. The number of urea groups is 1. The van der Waals surface area contributed by atoms with E-state index in [1.165, 1.54) is 23.4 Å². The van der Waals surface area contributed by atoms with Crippen LogP contribution in [0.1, 0.15) is 15.9 Å². The van der Waals surface area contributed by atoms with Crippen molar-refractivity contribution in [3.63, 3.8) is 0 Å². The first-order valence-electron chi connectivity index (χ1n) is 8.13. The fraction of sp³-hybridized carbons (Fsp3) is 0.294. The average Bonchev–Trinajstić information content (AvgIpc) is 3.01. The molecule has 1 saturated heterocycles. The zero-order valence-corrected chi connectivity index (χ0v) is 14.9. The van der Waals surface area contributed by atoms with Gasteiger partial charge in [-0.05, 0) is 12.1 Å². The summed E-state index contributed by atoms with van der Waals surface area (Å²) >= 11 is 6.23. The number of nitrogens with zero attached hydrogens (tertiary/aromatic N) is 4. The van der Waals surface area contributed by atoms with Crippen molar-refractivity contribution in [1.29, 1.82) is 0 Å². The van der Waals surface area contributed by atoms with Gasteiger partial charge >= 0.3 is 6.03 Å². The summed E-state index contributed by atoms with van der Waals surface area (Å²) in [4.78, 5) is 34.6. The van der Waals surface area contributed by atoms with Crippen LogP contribution in [0.25, 0.3) is 0 Å². The molecule has 1 fully saturated rings. The minimum Gasteiger partial charge on any atom is -0.348 e. The summed E-state index contributed by atoms with van der Waals surface area (Å²) in [5.74, 6) is -0.0234. The topological polar surface area (TPSA) is 78.4 Å². The smallest absolute Gasteiger partial charge is 0.325 e. The number of aromatic nitrogens is 2. The Labute approximate surface area is 159 Å². The third kappa shape index (κ3) is 4.48. The second kappa shape index (κ2) is 8.26. The molecule has 3 heterocycles. The van der Waals surface area contributed by atoms with Crippen molar-refractivity contribution in [3.8, 4) is 0 Å². The molecule has 2 aromatic rings. The molecular weight excluding hydrogens is 380 g/mol. The molecule has 2 aromatic heterocycles. The molecule has 0 bridgehead atoms. The first-order chi connectivity index (χ1) is 13.0. The highest BCUT2D eigenvalue weighted by molar-refractivity contribution is 6.31. The normalized spacial score (nSPS) is 14.1. The van der Waals surface area contributed by atoms with E-state index in [4.69, 9.17) is 11.6 Å². The van der Waals surface area contributed by atoms with E-state index in [0.29, 0.717) is 16.1 Å². The van der Waals surface area contributed by atoms with Gasteiger partial charge in [0, 0.05) is 49.9 Å². The molecule has 27 heavy (non-hydrogen) atoms. The summed E-state index contributed by atoms with van der Waals surface area (Å²) in [6.07, 6.45) is 1.88. The van der Waals surface area contributed by atoms with Crippen LogP contribution < -0.4 is 10.2 Å². The highest BCUT2D eigenvalue weighted by atomic mass is 35.5. The Morgan fingerprint density at radius 1 is 1.33 bits per heavy atom. The summed E-state index contributed by atoms with van der Waals surface area (Å²) in [5, 5.41) is 3.02. The van der Waals surface area contributed by atoms with Crippen LogP contribution in [-0.2, 0) is 6.54 Å². The molecule has 10 heteroatoms. The predicted molar refractivity (Wildman–Crippen MR) is 95.0 cm³/mol. The van der Waals surface area contributed by atoms with Gasteiger partial charge in [-0.1, -0.05) is 11.6 Å². The van der Waals surface area contributed by atoms with Crippen LogP contribution in [-0.4, -0.2) is 52.9 Å². The number of amides is 3. The van der Waals surface area contributed by atoms with E-state index in [0.717, 1.165) is 4.90 Å². The van der Waals surface area contributed by atoms with Crippen LogP contribution in [0.3, 0.4) is 0 Å². The standard InChI is InChI=1S/C17H16ClF2N5O2/c18-13-6-15(25-5-4-24(17(25)27)10-14(19)20)22-8-12(13)9-23-16(26)11-2-1-3-21-7-11/h1-3,6-8,14H,4-5,9-10H2,(H,23,26). The maximum Gasteiger partial charge on any atom is 0.325 e. The molecule has 1 N–H and O–H groups in total. The van der Waals surface area contributed by atoms with Crippen LogP contribution in [0.5, 0.6) is 0 Å². The minimum atomic E-state index is -2.59. The summed E-state index contributed by atoms with van der Waals surface area (Å²) in [7, 11) is 0. The lowest BCUT2D eigenvalue weighted by Crippen LogP contribution is -2.35. The van der Waals surface area contributed by atoms with E-state index < -0.39 is 19.0 Å². The summed E-state index contributed by atoms with van der Waals surface area (Å²) in [5.41, 5.74) is 0.980. The molecule has 0 unspecified atom stereocenters. The molecule has 3 amide bonds. The number of halogens is 3. The quantitative estimate of drug-likeness (QED) is 0.815. The maximum atomic E-state index is 12.5. The van der Waals surface area contributed by atoms with E-state index in [-0.39, 0.29) is 31.4 Å². The fourth-order valence-electron chi connectivity index (χ4n) is 2.63. The third-order valence-corrected chi connectivity index (χ3v) is 4.36. The number of nitrogens with one attached hydrogen (secondary N) is 1. The number of rotatable bonds is 6. The van der Waals surface area contributed by atoms with Gasteiger partial charge in [0.05, 0.1) is 17.1 Å². The average molecular weight is 396 g/mol. The zero-order chi connectivity index (χ0) is 19.4. The van der Waals surface area contributed by atoms with Crippen LogP contribution in [0, 0.1) is 0 Å². The lowest BCUT2D eigenvalue weighted by atomic mass is 10.2. The van der Waals surface area contributed by atoms with Gasteiger partial charge < -0.3 is 10.2 Å². The van der Waals surface area contributed by atoms with Gasteiger partial charge in [0.15, 0.2) is 0 Å². The molecule has 0 radical (unpaired) electrons. The molecule has 1 aliphatic rings. The van der Waals surface area contributed by atoms with Gasteiger partial charge in [-0.3, -0.25) is 14.7 Å². The number of alkyl halides is 2. The second-order valence-corrected chi connectivity index (χ2v) is 6.24. The highest BCUT2D eigenvalue weighted by Gasteiger charge is 2.32. The number of carbonyl (C=O) groups excluding carboxylic acids is 2. The van der Waals surface area contributed by atoms with Crippen molar-refractivity contribution in [2.75, 3.05) is 24.5 Å². The molecular formula is C17H16ClF2N5O2. The largest absolute Gasteiger partial charge is 0.348 e. The lowest BCUT2D eigenvalue weighted by molar-refractivity contribution is 0.0950. The number of hydrogen-bond donors (Lipinski definition) is 1. The Morgan fingerprint density at radius 2 is 2.15 bits per heavy atom. The van der Waals surface area contributed by atoms with Gasteiger partial charge in [0.1, 0.15) is 5.82 Å². The van der Waals surface area contributed by atoms with Crippen LogP contribution in [0.4, 0.5) is 19.4 Å². The first kappa shape index (κ1) is 19.0. The molecule has 0 atom stereocenters. The Kier molecular flexibility index (Phi) is 5.80. The summed E-state index contributed by atoms with van der Waals surface area (Å²) in [6.45, 7) is -0.00974. The van der Waals surface area contributed by atoms with Crippen molar-refractivity contribution >= 4 is 29.4 Å². The molecule has 0 aromatic carbocycles. The maximum absolute atomic E-state index is 12.5. The lowest BCUT2D eigenvalue weighted by Gasteiger charge is -2.18. The monoisotopic (exact) mass is 395 g/mol. The zero-order valence-electron chi connectivity index (χ0n) is 14.1. The number of carbonyl (C=O) groups is 2. The van der Waals surface area contributed by atoms with Gasteiger partial charge in [-0.15, -0.1) is 0 Å². The third-order valence-electron chi connectivity index (χ3n) is 4.01. The first-order valence-corrected chi connectivity index (χ1v) is 8.50. The van der Waals surface area contributed by atoms with Crippen molar-refractivity contribution in [2.45, 2.75) is 13.0 Å². The molecule has 142 valence electrons. The van der Waals surface area contributed by atoms with Crippen molar-refractivity contribution in [3.05, 3.63) is 52.9 Å². The van der Waals surface area contributed by atoms with Gasteiger partial charge in [0.2, 0.25) is 0 Å². The van der Waals surface area contributed by atoms with Crippen molar-refractivity contribution in [1.82, 2.24) is 20.2 Å². The highest BCUT2D eigenvalue weighted by Crippen LogP contribution is 2.24. The van der Waals surface area contributed by atoms with E-state index in [2.05, 4.69) is 15.3 Å². The second-order valence-electron chi connectivity index (χ2n) is 5.83. The van der Waals surface area contributed by atoms with E-state index in [1.807, 2.05) is 0 Å². The van der Waals surface area contributed by atoms with Crippen LogP contribution in [0.2, 0.25) is 5.02 Å². The molecule has 0 aliphatic carbocycles. The fourth-order valence-corrected chi connectivity index (χ4v) is 2.85. The van der Waals surface area contributed by atoms with Gasteiger partial charge in [0.25, 0.3) is 12.3 Å². The number of anilines is 1. The Morgan fingerprint density at radius 3 is 2.81 bits per heavy atom. The summed E-state index contributed by atoms with van der Waals surface area (Å²) < 4.78 is 25.0. The molecule has 1 aliphatic heterocycles. The Hall–Kier alpha value is -2.81. The molecule has 3 rings (SSSR count). The molecule has 0 spiro atoms. The van der Waals surface area contributed by atoms with Crippen LogP contribution >= 0.6 is 11.6 Å². The van der Waals surface area contributed by atoms with E-state index in [9.17, 15) is 18.4 Å². The Bertz CT molecular complexity index is 837. The summed E-state index contributed by atoms with van der Waals surface area (Å²) in [6, 6.07) is 4.24. The molecule has 7 nitrogen and oxygen atoms in total. The van der Waals surface area contributed by atoms with E-state index in [1.54, 1.807) is 18.3 Å². The van der Waals surface area contributed by atoms with Gasteiger partial charge in [-0.25, -0.2) is 18.6 Å². The minimum absolute atomic E-state index is 0.144. The van der Waals surface area contributed by atoms with E-state index >= 15 is 0 Å². The molecule has 0 saturated carbocycles. The van der Waals surface area contributed by atoms with Gasteiger partial charge in [-0.2, -0.15) is 0 Å². The van der Waals surface area contributed by atoms with Crippen molar-refractivity contribution in [2.24, 2.45) is 0 Å². The number of hydrogen-bond acceptors (Lipinski definition) is 4. The predicted octanol–water partition coefficient (Wildman–Crippen LogP) is 2.57. The Balaban J connectivity index is 1.64. The van der Waals surface area contributed by atoms with Crippen LogP contribution in [0.15, 0.2) is 36.8 Å².